The van der Waals surface area contributed by atoms with Crippen LogP contribution in [0.5, 0.6) is 5.75 Å². The number of sulfone groups is 1. The van der Waals surface area contributed by atoms with Crippen molar-refractivity contribution in [3.63, 3.8) is 0 Å². The molecule has 1 rings (SSSR count). The fraction of sp³-hybridized carbons (Fsp3) is 0.417. The van der Waals surface area contributed by atoms with Crippen LogP contribution in [-0.4, -0.2) is 31.0 Å². The summed E-state index contributed by atoms with van der Waals surface area (Å²) in [5.74, 6) is 0.571. The Labute approximate surface area is 113 Å². The number of benzene rings is 1. The van der Waals surface area contributed by atoms with Crippen LogP contribution in [-0.2, 0) is 9.84 Å². The Morgan fingerprint density at radius 2 is 2.11 bits per heavy atom. The van der Waals surface area contributed by atoms with Crippen molar-refractivity contribution in [1.82, 2.24) is 0 Å². The fourth-order valence-corrected chi connectivity index (χ4v) is 2.16. The predicted molar refractivity (Wildman–Crippen MR) is 76.7 cm³/mol. The van der Waals surface area contributed by atoms with Gasteiger partial charge in [0.15, 0.2) is 9.84 Å². The van der Waals surface area contributed by atoms with Crippen LogP contribution in [0.2, 0.25) is 0 Å². The number of rotatable bonds is 6. The average Bonchev–Trinajstić information content (AvgIpc) is 2.29. The van der Waals surface area contributed by atoms with Crippen LogP contribution in [0.4, 0.5) is 0 Å². The van der Waals surface area contributed by atoms with E-state index >= 15 is 0 Å². The van der Waals surface area contributed by atoms with Crippen LogP contribution in [0.15, 0.2) is 24.3 Å². The van der Waals surface area contributed by atoms with Gasteiger partial charge < -0.3 is 10.5 Å². The Kier molecular flexibility index (Phi) is 5.10. The van der Waals surface area contributed by atoms with Crippen molar-refractivity contribution in [3.05, 3.63) is 29.8 Å². The molecule has 6 heteroatoms. The van der Waals surface area contributed by atoms with E-state index in [4.69, 9.17) is 22.7 Å². The zero-order valence-corrected chi connectivity index (χ0v) is 12.1. The van der Waals surface area contributed by atoms with Crippen molar-refractivity contribution >= 4 is 27.0 Å². The van der Waals surface area contributed by atoms with Crippen LogP contribution in [0.1, 0.15) is 19.4 Å². The summed E-state index contributed by atoms with van der Waals surface area (Å²) < 4.78 is 28.5. The summed E-state index contributed by atoms with van der Waals surface area (Å²) in [4.78, 5) is 0.287. The van der Waals surface area contributed by atoms with Gasteiger partial charge in [-0.05, 0) is 26.0 Å². The Morgan fingerprint density at radius 3 is 2.67 bits per heavy atom. The topological polar surface area (TPSA) is 69.4 Å². The minimum absolute atomic E-state index is 0.00195. The maximum Gasteiger partial charge on any atom is 0.155 e. The van der Waals surface area contributed by atoms with Crippen molar-refractivity contribution < 1.29 is 13.2 Å². The molecular formula is C12H17NO3S2. The average molecular weight is 287 g/mol. The van der Waals surface area contributed by atoms with E-state index in [2.05, 4.69) is 0 Å². The van der Waals surface area contributed by atoms with Crippen LogP contribution in [0.3, 0.4) is 0 Å². The monoisotopic (exact) mass is 287 g/mol. The summed E-state index contributed by atoms with van der Waals surface area (Å²) in [6, 6.07) is 6.98. The highest BCUT2D eigenvalue weighted by Gasteiger charge is 2.15. The molecule has 1 aromatic carbocycles. The Hall–Kier alpha value is -1.14. The van der Waals surface area contributed by atoms with Crippen LogP contribution in [0.25, 0.3) is 0 Å². The summed E-state index contributed by atoms with van der Waals surface area (Å²) in [7, 11) is -3.07. The summed E-state index contributed by atoms with van der Waals surface area (Å²) in [6.07, 6.45) is 0. The summed E-state index contributed by atoms with van der Waals surface area (Å²) >= 11 is 4.85. The van der Waals surface area contributed by atoms with Gasteiger partial charge in [-0.25, -0.2) is 8.42 Å². The van der Waals surface area contributed by atoms with Crippen LogP contribution >= 0.6 is 12.2 Å². The second-order valence-corrected chi connectivity index (χ2v) is 7.27. The lowest BCUT2D eigenvalue weighted by Gasteiger charge is -2.10. The van der Waals surface area contributed by atoms with Gasteiger partial charge in [0.25, 0.3) is 0 Å². The molecule has 0 radical (unpaired) electrons. The normalized spacial score (nSPS) is 11.5. The van der Waals surface area contributed by atoms with E-state index in [0.29, 0.717) is 11.3 Å². The predicted octanol–water partition coefficient (Wildman–Crippen LogP) is 1.52. The van der Waals surface area contributed by atoms with Crippen LogP contribution < -0.4 is 10.5 Å². The Bertz CT molecular complexity index is 524. The molecule has 18 heavy (non-hydrogen) atoms. The number of hydrogen-bond donors (Lipinski definition) is 1. The van der Waals surface area contributed by atoms with E-state index in [0.717, 1.165) is 0 Å². The molecule has 100 valence electrons. The summed E-state index contributed by atoms with van der Waals surface area (Å²) in [5.41, 5.74) is 6.20. The van der Waals surface area contributed by atoms with Gasteiger partial charge in [-0.1, -0.05) is 24.4 Å². The van der Waals surface area contributed by atoms with E-state index in [9.17, 15) is 8.42 Å². The third-order valence-electron chi connectivity index (χ3n) is 2.47. The second kappa shape index (κ2) is 6.15. The molecule has 0 aliphatic rings. The van der Waals surface area contributed by atoms with Gasteiger partial charge in [-0.2, -0.15) is 0 Å². The molecule has 0 unspecified atom stereocenters. The molecule has 0 fully saturated rings. The smallest absolute Gasteiger partial charge is 0.155 e. The van der Waals surface area contributed by atoms with Gasteiger partial charge in [0.1, 0.15) is 17.3 Å². The zero-order chi connectivity index (χ0) is 13.8. The van der Waals surface area contributed by atoms with E-state index in [1.807, 2.05) is 0 Å². The zero-order valence-electron chi connectivity index (χ0n) is 10.4. The second-order valence-electron chi connectivity index (χ2n) is 4.16. The molecule has 0 spiro atoms. The molecule has 0 bridgehead atoms. The highest BCUT2D eigenvalue weighted by Crippen LogP contribution is 2.13. The van der Waals surface area contributed by atoms with Gasteiger partial charge in [-0.15, -0.1) is 0 Å². The lowest BCUT2D eigenvalue weighted by Crippen LogP contribution is -2.22. The molecule has 0 saturated carbocycles. The van der Waals surface area contributed by atoms with E-state index in [1.54, 1.807) is 38.1 Å². The third kappa shape index (κ3) is 4.27. The van der Waals surface area contributed by atoms with Gasteiger partial charge >= 0.3 is 0 Å². The summed E-state index contributed by atoms with van der Waals surface area (Å²) in [6.45, 7) is 3.44. The SMILES string of the molecule is CC(C)S(=O)(=O)CCOc1cccc(C(N)=S)c1. The largest absolute Gasteiger partial charge is 0.493 e. The number of ether oxygens (including phenoxy) is 1. The van der Waals surface area contributed by atoms with E-state index in [-0.39, 0.29) is 22.6 Å². The molecule has 0 amide bonds. The van der Waals surface area contributed by atoms with Crippen molar-refractivity contribution in [2.45, 2.75) is 19.1 Å². The molecule has 4 nitrogen and oxygen atoms in total. The number of thiocarbonyl (C=S) groups is 1. The van der Waals surface area contributed by atoms with Crippen molar-refractivity contribution in [1.29, 1.82) is 0 Å². The maximum absolute atomic E-state index is 11.6. The molecule has 0 aliphatic carbocycles. The highest BCUT2D eigenvalue weighted by atomic mass is 32.2. The van der Waals surface area contributed by atoms with Crippen molar-refractivity contribution in [2.75, 3.05) is 12.4 Å². The van der Waals surface area contributed by atoms with Gasteiger partial charge in [0, 0.05) is 5.56 Å². The number of nitrogens with two attached hydrogens (primary N) is 1. The van der Waals surface area contributed by atoms with E-state index in [1.165, 1.54) is 0 Å². The van der Waals surface area contributed by atoms with Gasteiger partial charge in [0.05, 0.1) is 11.0 Å². The molecule has 1 aromatic rings. The molecular weight excluding hydrogens is 270 g/mol. The van der Waals surface area contributed by atoms with Gasteiger partial charge in [0.2, 0.25) is 0 Å². The first-order valence-corrected chi connectivity index (χ1v) is 7.69. The molecule has 0 aromatic heterocycles. The van der Waals surface area contributed by atoms with Crippen LogP contribution in [0, 0.1) is 0 Å². The first-order valence-electron chi connectivity index (χ1n) is 5.57. The summed E-state index contributed by atoms with van der Waals surface area (Å²) in [5, 5.41) is -0.385. The minimum atomic E-state index is -3.07. The Balaban J connectivity index is 2.60. The first kappa shape index (κ1) is 14.9. The highest BCUT2D eigenvalue weighted by molar-refractivity contribution is 7.92. The van der Waals surface area contributed by atoms with E-state index < -0.39 is 9.84 Å². The number of hydrogen-bond acceptors (Lipinski definition) is 4. The molecule has 0 aliphatic heterocycles. The molecule has 0 heterocycles. The third-order valence-corrected chi connectivity index (χ3v) is 4.88. The van der Waals surface area contributed by atoms with Crippen molar-refractivity contribution in [3.8, 4) is 5.75 Å². The minimum Gasteiger partial charge on any atom is -0.493 e. The molecule has 0 atom stereocenters. The van der Waals surface area contributed by atoms with Gasteiger partial charge in [-0.3, -0.25) is 0 Å². The fourth-order valence-electron chi connectivity index (χ4n) is 1.25. The lowest BCUT2D eigenvalue weighted by molar-refractivity contribution is 0.340. The Morgan fingerprint density at radius 1 is 1.44 bits per heavy atom. The standard InChI is InChI=1S/C12H17NO3S2/c1-9(2)18(14,15)7-6-16-11-5-3-4-10(8-11)12(13)17/h3-5,8-9H,6-7H2,1-2H3,(H2,13,17). The molecule has 2 N–H and O–H groups in total. The lowest BCUT2D eigenvalue weighted by atomic mass is 10.2. The van der Waals surface area contributed by atoms with Crippen molar-refractivity contribution in [2.24, 2.45) is 5.73 Å². The molecule has 0 saturated heterocycles. The maximum atomic E-state index is 11.6. The first-order chi connectivity index (χ1) is 8.33. The quantitative estimate of drug-likeness (QED) is 0.803.